The fourth-order valence-electron chi connectivity index (χ4n) is 1.82. The molecule has 1 atom stereocenters. The van der Waals surface area contributed by atoms with E-state index in [4.69, 9.17) is 5.73 Å². The van der Waals surface area contributed by atoms with Gasteiger partial charge in [0.2, 0.25) is 5.91 Å². The van der Waals surface area contributed by atoms with Crippen molar-refractivity contribution in [3.63, 3.8) is 0 Å². The standard InChI is InChI=1S/C15H24N2O2/c1-10(16)9-17-14(19)8-11-5-6-13(18)12(7-11)15(2,3)4/h5-7,10,18H,8-9,16H2,1-4H3,(H,17,19). The molecule has 1 unspecified atom stereocenters. The van der Waals surface area contributed by atoms with Gasteiger partial charge in [-0.05, 0) is 29.5 Å². The maximum Gasteiger partial charge on any atom is 0.224 e. The molecule has 0 saturated heterocycles. The highest BCUT2D eigenvalue weighted by Crippen LogP contribution is 2.31. The first-order valence-corrected chi connectivity index (χ1v) is 6.55. The first-order chi connectivity index (χ1) is 8.70. The normalized spacial score (nSPS) is 13.1. The maximum absolute atomic E-state index is 11.7. The summed E-state index contributed by atoms with van der Waals surface area (Å²) in [6.45, 7) is 8.41. The fraction of sp³-hybridized carbons (Fsp3) is 0.533. The number of hydrogen-bond donors (Lipinski definition) is 3. The summed E-state index contributed by atoms with van der Waals surface area (Å²) in [6.07, 6.45) is 0.302. The van der Waals surface area contributed by atoms with Crippen molar-refractivity contribution < 1.29 is 9.90 Å². The fourth-order valence-corrected chi connectivity index (χ4v) is 1.82. The summed E-state index contributed by atoms with van der Waals surface area (Å²) in [6, 6.07) is 5.26. The van der Waals surface area contributed by atoms with Crippen molar-refractivity contribution in [2.45, 2.75) is 45.6 Å². The number of carbonyl (C=O) groups is 1. The number of carbonyl (C=O) groups excluding carboxylic acids is 1. The lowest BCUT2D eigenvalue weighted by atomic mass is 9.85. The third kappa shape index (κ3) is 4.91. The molecule has 4 N–H and O–H groups in total. The van der Waals surface area contributed by atoms with Gasteiger partial charge in [-0.3, -0.25) is 4.79 Å². The molecule has 0 aromatic heterocycles. The number of aromatic hydroxyl groups is 1. The number of nitrogens with one attached hydrogen (secondary N) is 1. The summed E-state index contributed by atoms with van der Waals surface area (Å²) >= 11 is 0. The van der Waals surface area contributed by atoms with Gasteiger partial charge in [0.05, 0.1) is 6.42 Å². The highest BCUT2D eigenvalue weighted by atomic mass is 16.3. The summed E-state index contributed by atoms with van der Waals surface area (Å²) in [4.78, 5) is 11.7. The molecule has 106 valence electrons. The van der Waals surface area contributed by atoms with Crippen LogP contribution in [0.3, 0.4) is 0 Å². The molecule has 1 aromatic rings. The second-order valence-corrected chi connectivity index (χ2v) is 6.06. The molecule has 0 aliphatic heterocycles. The number of hydrogen-bond acceptors (Lipinski definition) is 3. The summed E-state index contributed by atoms with van der Waals surface area (Å²) in [5.74, 6) is 0.218. The Balaban J connectivity index is 2.78. The lowest BCUT2D eigenvalue weighted by Crippen LogP contribution is -2.35. The van der Waals surface area contributed by atoms with E-state index in [2.05, 4.69) is 5.32 Å². The highest BCUT2D eigenvalue weighted by molar-refractivity contribution is 5.78. The number of amides is 1. The van der Waals surface area contributed by atoms with Gasteiger partial charge in [-0.2, -0.15) is 0 Å². The van der Waals surface area contributed by atoms with Crippen LogP contribution < -0.4 is 11.1 Å². The minimum atomic E-state index is -0.150. The molecule has 1 amide bonds. The molecule has 0 heterocycles. The van der Waals surface area contributed by atoms with E-state index >= 15 is 0 Å². The number of nitrogens with two attached hydrogens (primary N) is 1. The van der Waals surface area contributed by atoms with Crippen molar-refractivity contribution in [1.82, 2.24) is 5.32 Å². The van der Waals surface area contributed by atoms with Crippen molar-refractivity contribution >= 4 is 5.91 Å². The molecule has 1 rings (SSSR count). The van der Waals surface area contributed by atoms with Crippen LogP contribution in [0, 0.1) is 0 Å². The second kappa shape index (κ2) is 6.06. The Hall–Kier alpha value is -1.55. The van der Waals surface area contributed by atoms with Crippen LogP contribution in [0.1, 0.15) is 38.8 Å². The Morgan fingerprint density at radius 1 is 1.42 bits per heavy atom. The molecule has 4 heteroatoms. The molecule has 19 heavy (non-hydrogen) atoms. The smallest absolute Gasteiger partial charge is 0.224 e. The van der Waals surface area contributed by atoms with Crippen LogP contribution in [0.2, 0.25) is 0 Å². The molecule has 0 spiro atoms. The lowest BCUT2D eigenvalue weighted by Gasteiger charge is -2.21. The largest absolute Gasteiger partial charge is 0.508 e. The molecular formula is C15H24N2O2. The number of benzene rings is 1. The van der Waals surface area contributed by atoms with E-state index in [0.717, 1.165) is 11.1 Å². The van der Waals surface area contributed by atoms with E-state index < -0.39 is 0 Å². The van der Waals surface area contributed by atoms with Crippen LogP contribution in [-0.2, 0) is 16.6 Å². The molecule has 0 aliphatic carbocycles. The summed E-state index contributed by atoms with van der Waals surface area (Å²) < 4.78 is 0. The average molecular weight is 264 g/mol. The average Bonchev–Trinajstić information content (AvgIpc) is 2.27. The lowest BCUT2D eigenvalue weighted by molar-refractivity contribution is -0.120. The Bertz CT molecular complexity index is 448. The quantitative estimate of drug-likeness (QED) is 0.774. The SMILES string of the molecule is CC(N)CNC(=O)Cc1ccc(O)c(C(C)(C)C)c1. The van der Waals surface area contributed by atoms with Crippen molar-refractivity contribution in [3.05, 3.63) is 29.3 Å². The van der Waals surface area contributed by atoms with E-state index in [1.165, 1.54) is 0 Å². The van der Waals surface area contributed by atoms with Gasteiger partial charge in [-0.15, -0.1) is 0 Å². The Kier molecular flexibility index (Phi) is 4.95. The predicted octanol–water partition coefficient (Wildman–Crippen LogP) is 1.70. The third-order valence-corrected chi connectivity index (χ3v) is 2.85. The minimum absolute atomic E-state index is 0.0473. The van der Waals surface area contributed by atoms with E-state index in [-0.39, 0.29) is 23.1 Å². The Morgan fingerprint density at radius 3 is 2.58 bits per heavy atom. The van der Waals surface area contributed by atoms with Crippen LogP contribution >= 0.6 is 0 Å². The summed E-state index contributed by atoms with van der Waals surface area (Å²) in [7, 11) is 0. The molecule has 4 nitrogen and oxygen atoms in total. The van der Waals surface area contributed by atoms with Crippen molar-refractivity contribution in [2.24, 2.45) is 5.73 Å². The van der Waals surface area contributed by atoms with Crippen LogP contribution in [0.25, 0.3) is 0 Å². The van der Waals surface area contributed by atoms with E-state index in [1.54, 1.807) is 12.1 Å². The van der Waals surface area contributed by atoms with Crippen molar-refractivity contribution in [1.29, 1.82) is 0 Å². The van der Waals surface area contributed by atoms with Gasteiger partial charge < -0.3 is 16.2 Å². The van der Waals surface area contributed by atoms with Gasteiger partial charge in [0.15, 0.2) is 0 Å². The maximum atomic E-state index is 11.7. The zero-order chi connectivity index (χ0) is 14.6. The van der Waals surface area contributed by atoms with Crippen molar-refractivity contribution in [3.8, 4) is 5.75 Å². The Morgan fingerprint density at radius 2 is 2.05 bits per heavy atom. The number of phenolic OH excluding ortho intramolecular Hbond substituents is 1. The van der Waals surface area contributed by atoms with Gasteiger partial charge in [-0.1, -0.05) is 32.9 Å². The monoisotopic (exact) mass is 264 g/mol. The predicted molar refractivity (Wildman–Crippen MR) is 77.2 cm³/mol. The summed E-state index contributed by atoms with van der Waals surface area (Å²) in [5, 5.41) is 12.6. The second-order valence-electron chi connectivity index (χ2n) is 6.06. The van der Waals surface area contributed by atoms with Crippen LogP contribution in [0.5, 0.6) is 5.75 Å². The van der Waals surface area contributed by atoms with Gasteiger partial charge in [0.25, 0.3) is 0 Å². The molecule has 0 radical (unpaired) electrons. The highest BCUT2D eigenvalue weighted by Gasteiger charge is 2.18. The first-order valence-electron chi connectivity index (χ1n) is 6.55. The molecule has 1 aromatic carbocycles. The third-order valence-electron chi connectivity index (χ3n) is 2.85. The molecule has 0 fully saturated rings. The van der Waals surface area contributed by atoms with E-state index in [9.17, 15) is 9.90 Å². The van der Waals surface area contributed by atoms with Crippen LogP contribution in [-0.4, -0.2) is 23.6 Å². The zero-order valence-electron chi connectivity index (χ0n) is 12.2. The van der Waals surface area contributed by atoms with Crippen LogP contribution in [0.4, 0.5) is 0 Å². The number of rotatable bonds is 4. The first kappa shape index (κ1) is 15.5. The van der Waals surface area contributed by atoms with Gasteiger partial charge >= 0.3 is 0 Å². The Labute approximate surface area is 115 Å². The molecular weight excluding hydrogens is 240 g/mol. The van der Waals surface area contributed by atoms with E-state index in [0.29, 0.717) is 13.0 Å². The molecule has 0 bridgehead atoms. The topological polar surface area (TPSA) is 75.3 Å². The van der Waals surface area contributed by atoms with Crippen LogP contribution in [0.15, 0.2) is 18.2 Å². The van der Waals surface area contributed by atoms with Gasteiger partial charge in [0, 0.05) is 12.6 Å². The van der Waals surface area contributed by atoms with E-state index in [1.807, 2.05) is 33.8 Å². The molecule has 0 aliphatic rings. The van der Waals surface area contributed by atoms with Gasteiger partial charge in [0.1, 0.15) is 5.75 Å². The zero-order valence-corrected chi connectivity index (χ0v) is 12.2. The summed E-state index contributed by atoms with van der Waals surface area (Å²) in [5.41, 5.74) is 7.18. The van der Waals surface area contributed by atoms with Gasteiger partial charge in [-0.25, -0.2) is 0 Å². The minimum Gasteiger partial charge on any atom is -0.508 e. The number of phenols is 1. The molecule has 0 saturated carbocycles. The van der Waals surface area contributed by atoms with Crippen molar-refractivity contribution in [2.75, 3.05) is 6.54 Å².